The van der Waals surface area contributed by atoms with Crippen LogP contribution in [0.4, 0.5) is 0 Å². The molecule has 1 N–H and O–H groups in total. The van der Waals surface area contributed by atoms with Gasteiger partial charge in [-0.1, -0.05) is 48.3 Å². The summed E-state index contributed by atoms with van der Waals surface area (Å²) in [5.74, 6) is 0.823. The lowest BCUT2D eigenvalue weighted by molar-refractivity contribution is -0.137. The van der Waals surface area contributed by atoms with Gasteiger partial charge < -0.3 is 5.32 Å². The van der Waals surface area contributed by atoms with Crippen LogP contribution in [0.25, 0.3) is 0 Å². The first-order valence-corrected chi connectivity index (χ1v) is 9.73. The molecule has 2 saturated carbocycles. The monoisotopic (exact) mass is 391 g/mol. The molecule has 2 fully saturated rings. The molecule has 0 saturated heterocycles. The number of fused-ring (bicyclic) bond motifs is 2. The van der Waals surface area contributed by atoms with Gasteiger partial charge in [-0.15, -0.1) is 0 Å². The lowest BCUT2D eigenvalue weighted by atomic mass is 9.67. The minimum absolute atomic E-state index is 0.0127. The van der Waals surface area contributed by atoms with Crippen LogP contribution in [0.5, 0.6) is 0 Å². The Kier molecular flexibility index (Phi) is 5.14. The molecule has 0 aromatic heterocycles. The van der Waals surface area contributed by atoms with E-state index in [2.05, 4.69) is 47.2 Å². The number of nitrogens with one attached hydrogen (secondary N) is 1. The lowest BCUT2D eigenvalue weighted by Crippen LogP contribution is -2.45. The molecule has 4 heteroatoms. The van der Waals surface area contributed by atoms with Gasteiger partial charge in [-0.25, -0.2) is 0 Å². The Hall–Kier alpha value is -1.16. The van der Waals surface area contributed by atoms with Gasteiger partial charge in [0.25, 0.3) is 0 Å². The quantitative estimate of drug-likeness (QED) is 0.833. The highest BCUT2D eigenvalue weighted by Crippen LogP contribution is 2.40. The minimum atomic E-state index is -0.114. The standard InChI is InChI=1S/C20H26BrNO2/c1-20(2,16-6-8-17(21)9-7-16)12-22-19(24)15-10-13-4-3-5-14(11-15)18(13)23/h6-9,13-15H,3-5,10-12H2,1-2H3,(H,22,24). The molecular weight excluding hydrogens is 366 g/mol. The van der Waals surface area contributed by atoms with Gasteiger partial charge in [0.1, 0.15) is 5.78 Å². The van der Waals surface area contributed by atoms with E-state index in [0.29, 0.717) is 12.3 Å². The van der Waals surface area contributed by atoms with E-state index in [-0.39, 0.29) is 29.1 Å². The summed E-state index contributed by atoms with van der Waals surface area (Å²) >= 11 is 3.46. The molecule has 0 heterocycles. The Labute approximate surface area is 152 Å². The summed E-state index contributed by atoms with van der Waals surface area (Å²) in [6.45, 7) is 4.92. The van der Waals surface area contributed by atoms with Crippen molar-refractivity contribution in [1.82, 2.24) is 5.32 Å². The van der Waals surface area contributed by atoms with Crippen molar-refractivity contribution in [3.05, 3.63) is 34.3 Å². The molecule has 2 bridgehead atoms. The third kappa shape index (κ3) is 3.74. The third-order valence-electron chi connectivity index (χ3n) is 5.75. The Balaban J connectivity index is 1.59. The number of hydrogen-bond acceptors (Lipinski definition) is 2. The molecule has 24 heavy (non-hydrogen) atoms. The molecule has 1 amide bonds. The van der Waals surface area contributed by atoms with E-state index in [9.17, 15) is 9.59 Å². The van der Waals surface area contributed by atoms with Crippen LogP contribution in [0.3, 0.4) is 0 Å². The van der Waals surface area contributed by atoms with Crippen LogP contribution in [0.2, 0.25) is 0 Å². The summed E-state index contributed by atoms with van der Waals surface area (Å²) in [5, 5.41) is 3.15. The SMILES string of the molecule is CC(C)(CNC(=O)C1CC2CCCC(C1)C2=O)c1ccc(Br)cc1. The van der Waals surface area contributed by atoms with Crippen molar-refractivity contribution in [2.45, 2.75) is 51.4 Å². The van der Waals surface area contributed by atoms with Gasteiger partial charge >= 0.3 is 0 Å². The summed E-state index contributed by atoms with van der Waals surface area (Å²) in [4.78, 5) is 24.8. The maximum absolute atomic E-state index is 12.6. The molecule has 0 radical (unpaired) electrons. The van der Waals surface area contributed by atoms with Crippen LogP contribution in [0.15, 0.2) is 28.7 Å². The molecule has 0 spiro atoms. The first kappa shape index (κ1) is 17.7. The van der Waals surface area contributed by atoms with Crippen molar-refractivity contribution in [3.8, 4) is 0 Å². The number of amides is 1. The molecular formula is C20H26BrNO2. The van der Waals surface area contributed by atoms with Gasteiger partial charge in [-0.05, 0) is 43.4 Å². The van der Waals surface area contributed by atoms with Crippen molar-refractivity contribution in [1.29, 1.82) is 0 Å². The second kappa shape index (κ2) is 6.99. The summed E-state index contributed by atoms with van der Waals surface area (Å²) in [6.07, 6.45) is 4.60. The zero-order valence-electron chi connectivity index (χ0n) is 14.5. The predicted octanol–water partition coefficient (Wildman–Crippen LogP) is 4.24. The number of benzene rings is 1. The highest BCUT2D eigenvalue weighted by Gasteiger charge is 2.41. The Bertz CT molecular complexity index is 607. The van der Waals surface area contributed by atoms with Gasteiger partial charge in [0.15, 0.2) is 0 Å². The van der Waals surface area contributed by atoms with Crippen LogP contribution in [-0.4, -0.2) is 18.2 Å². The molecule has 2 aliphatic rings. The Morgan fingerprint density at radius 3 is 2.33 bits per heavy atom. The van der Waals surface area contributed by atoms with Gasteiger partial charge in [-0.3, -0.25) is 9.59 Å². The number of carbonyl (C=O) groups excluding carboxylic acids is 2. The van der Waals surface area contributed by atoms with Crippen LogP contribution in [-0.2, 0) is 15.0 Å². The van der Waals surface area contributed by atoms with Crippen molar-refractivity contribution >= 4 is 27.6 Å². The number of halogens is 1. The average molecular weight is 392 g/mol. The van der Waals surface area contributed by atoms with Crippen LogP contribution < -0.4 is 5.32 Å². The van der Waals surface area contributed by atoms with Crippen LogP contribution >= 0.6 is 15.9 Å². The van der Waals surface area contributed by atoms with E-state index in [1.165, 1.54) is 5.56 Å². The van der Waals surface area contributed by atoms with Crippen molar-refractivity contribution in [3.63, 3.8) is 0 Å². The van der Waals surface area contributed by atoms with Crippen molar-refractivity contribution in [2.75, 3.05) is 6.54 Å². The fraction of sp³-hybridized carbons (Fsp3) is 0.600. The van der Waals surface area contributed by atoms with Crippen molar-refractivity contribution < 1.29 is 9.59 Å². The van der Waals surface area contributed by atoms with E-state index in [4.69, 9.17) is 0 Å². The molecule has 2 aliphatic carbocycles. The largest absolute Gasteiger partial charge is 0.355 e. The molecule has 2 atom stereocenters. The zero-order valence-corrected chi connectivity index (χ0v) is 16.1. The van der Waals surface area contributed by atoms with E-state index in [1.807, 2.05) is 12.1 Å². The molecule has 130 valence electrons. The number of rotatable bonds is 4. The maximum Gasteiger partial charge on any atom is 0.223 e. The number of hydrogen-bond donors (Lipinski definition) is 1. The fourth-order valence-electron chi connectivity index (χ4n) is 4.15. The predicted molar refractivity (Wildman–Crippen MR) is 98.7 cm³/mol. The van der Waals surface area contributed by atoms with E-state index in [0.717, 1.165) is 36.6 Å². The van der Waals surface area contributed by atoms with Gasteiger partial charge in [0, 0.05) is 34.2 Å². The number of carbonyl (C=O) groups is 2. The maximum atomic E-state index is 12.6. The number of Topliss-reactive ketones (excluding diaryl/α,β-unsaturated/α-hetero) is 1. The van der Waals surface area contributed by atoms with E-state index < -0.39 is 0 Å². The summed E-state index contributed by atoms with van der Waals surface area (Å²) < 4.78 is 1.06. The Morgan fingerprint density at radius 2 is 1.75 bits per heavy atom. The molecule has 3 rings (SSSR count). The third-order valence-corrected chi connectivity index (χ3v) is 6.28. The molecule has 3 nitrogen and oxygen atoms in total. The topological polar surface area (TPSA) is 46.2 Å². The highest BCUT2D eigenvalue weighted by atomic mass is 79.9. The zero-order chi connectivity index (χ0) is 17.3. The molecule has 1 aromatic carbocycles. The van der Waals surface area contributed by atoms with Gasteiger partial charge in [0.2, 0.25) is 5.91 Å². The van der Waals surface area contributed by atoms with E-state index in [1.54, 1.807) is 0 Å². The highest BCUT2D eigenvalue weighted by molar-refractivity contribution is 9.10. The Morgan fingerprint density at radius 1 is 1.17 bits per heavy atom. The second-order valence-corrected chi connectivity index (χ2v) is 8.92. The fourth-order valence-corrected chi connectivity index (χ4v) is 4.41. The normalized spacial score (nSPS) is 27.0. The van der Waals surface area contributed by atoms with Crippen LogP contribution in [0.1, 0.15) is 51.5 Å². The van der Waals surface area contributed by atoms with Crippen LogP contribution in [0, 0.1) is 17.8 Å². The molecule has 0 aliphatic heterocycles. The van der Waals surface area contributed by atoms with E-state index >= 15 is 0 Å². The summed E-state index contributed by atoms with van der Waals surface area (Å²) in [5.41, 5.74) is 1.10. The first-order valence-electron chi connectivity index (χ1n) is 8.94. The smallest absolute Gasteiger partial charge is 0.223 e. The first-order chi connectivity index (χ1) is 11.4. The van der Waals surface area contributed by atoms with Gasteiger partial charge in [-0.2, -0.15) is 0 Å². The minimum Gasteiger partial charge on any atom is -0.355 e. The molecule has 1 aromatic rings. The number of ketones is 1. The average Bonchev–Trinajstić information content (AvgIpc) is 2.53. The summed E-state index contributed by atoms with van der Waals surface area (Å²) in [6, 6.07) is 8.26. The lowest BCUT2D eigenvalue weighted by Gasteiger charge is -2.37. The van der Waals surface area contributed by atoms with Crippen molar-refractivity contribution in [2.24, 2.45) is 17.8 Å². The summed E-state index contributed by atoms with van der Waals surface area (Å²) in [7, 11) is 0. The second-order valence-electron chi connectivity index (χ2n) is 8.00. The molecule has 2 unspecified atom stereocenters. The van der Waals surface area contributed by atoms with Gasteiger partial charge in [0.05, 0.1) is 0 Å².